The molecule has 1 fully saturated rings. The molecule has 152 valence electrons. The Morgan fingerprint density at radius 2 is 1.76 bits per heavy atom. The van der Waals surface area contributed by atoms with Crippen molar-refractivity contribution < 1.29 is 19.1 Å². The number of amides is 1. The first-order valence-electron chi connectivity index (χ1n) is 9.80. The lowest BCUT2D eigenvalue weighted by Crippen LogP contribution is -2.46. The van der Waals surface area contributed by atoms with Gasteiger partial charge in [-0.05, 0) is 44.4 Å². The number of hydrogen-bond acceptors (Lipinski definition) is 4. The molecule has 2 aromatic carbocycles. The zero-order valence-electron chi connectivity index (χ0n) is 17.1. The second-order valence-electron chi connectivity index (χ2n) is 8.17. The van der Waals surface area contributed by atoms with E-state index >= 15 is 0 Å². The molecular formula is C24H27NO4. The Bertz CT molecular complexity index is 869. The molecule has 5 nitrogen and oxygen atoms in total. The van der Waals surface area contributed by atoms with Crippen molar-refractivity contribution in [2.24, 2.45) is 0 Å². The molecule has 0 bridgehead atoms. The van der Waals surface area contributed by atoms with Gasteiger partial charge in [0, 0.05) is 12.0 Å². The number of benzene rings is 2. The molecule has 1 heterocycles. The average molecular weight is 393 g/mol. The van der Waals surface area contributed by atoms with E-state index in [4.69, 9.17) is 9.47 Å². The lowest BCUT2D eigenvalue weighted by Gasteiger charge is -2.26. The van der Waals surface area contributed by atoms with Crippen LogP contribution in [0.5, 0.6) is 0 Å². The maximum atomic E-state index is 12.4. The van der Waals surface area contributed by atoms with Gasteiger partial charge in [-0.3, -0.25) is 0 Å². The van der Waals surface area contributed by atoms with Crippen LogP contribution in [0.4, 0.5) is 4.79 Å². The van der Waals surface area contributed by atoms with E-state index in [9.17, 15) is 9.59 Å². The van der Waals surface area contributed by atoms with Crippen LogP contribution in [-0.4, -0.2) is 29.8 Å². The molecule has 1 amide bonds. The third kappa shape index (κ3) is 6.21. The SMILES string of the molecule is CC(C)(C)OC(=O)NC(Cc1ccccc1)C1C/C(=C\c2ccccc2)C(=O)O1. The third-order valence-electron chi connectivity index (χ3n) is 4.53. The summed E-state index contributed by atoms with van der Waals surface area (Å²) in [6.07, 6.45) is 1.84. The van der Waals surface area contributed by atoms with Gasteiger partial charge in [-0.25, -0.2) is 9.59 Å². The van der Waals surface area contributed by atoms with Crippen LogP contribution < -0.4 is 5.32 Å². The van der Waals surface area contributed by atoms with E-state index in [-0.39, 0.29) is 5.97 Å². The Balaban J connectivity index is 1.77. The van der Waals surface area contributed by atoms with E-state index in [1.54, 1.807) is 0 Å². The highest BCUT2D eigenvalue weighted by Gasteiger charge is 2.36. The van der Waals surface area contributed by atoms with Crippen LogP contribution in [-0.2, 0) is 20.7 Å². The fraction of sp³-hybridized carbons (Fsp3) is 0.333. The van der Waals surface area contributed by atoms with Gasteiger partial charge in [0.2, 0.25) is 0 Å². The molecule has 0 spiro atoms. The Morgan fingerprint density at radius 1 is 1.14 bits per heavy atom. The minimum atomic E-state index is -0.605. The molecule has 1 saturated heterocycles. The number of nitrogens with one attached hydrogen (secondary N) is 1. The third-order valence-corrected chi connectivity index (χ3v) is 4.53. The molecule has 0 radical (unpaired) electrons. The van der Waals surface area contributed by atoms with Crippen molar-refractivity contribution in [1.82, 2.24) is 5.32 Å². The van der Waals surface area contributed by atoms with Gasteiger partial charge in [-0.1, -0.05) is 60.7 Å². The second-order valence-corrected chi connectivity index (χ2v) is 8.17. The Morgan fingerprint density at radius 3 is 2.38 bits per heavy atom. The molecule has 0 aliphatic carbocycles. The molecule has 5 heteroatoms. The molecule has 1 aliphatic heterocycles. The quantitative estimate of drug-likeness (QED) is 0.599. The Kier molecular flexibility index (Phi) is 6.37. The summed E-state index contributed by atoms with van der Waals surface area (Å²) in [7, 11) is 0. The summed E-state index contributed by atoms with van der Waals surface area (Å²) in [5, 5.41) is 2.90. The van der Waals surface area contributed by atoms with Crippen molar-refractivity contribution in [2.75, 3.05) is 0 Å². The summed E-state index contributed by atoms with van der Waals surface area (Å²) < 4.78 is 11.0. The zero-order chi connectivity index (χ0) is 20.9. The van der Waals surface area contributed by atoms with E-state index in [1.165, 1.54) is 0 Å². The van der Waals surface area contributed by atoms with Crippen LogP contribution in [0, 0.1) is 0 Å². The van der Waals surface area contributed by atoms with Crippen LogP contribution in [0.25, 0.3) is 6.08 Å². The van der Waals surface area contributed by atoms with Crippen molar-refractivity contribution in [1.29, 1.82) is 0 Å². The minimum Gasteiger partial charge on any atom is -0.456 e. The smallest absolute Gasteiger partial charge is 0.408 e. The zero-order valence-corrected chi connectivity index (χ0v) is 17.1. The van der Waals surface area contributed by atoms with Crippen molar-refractivity contribution in [3.05, 3.63) is 77.4 Å². The molecule has 1 aliphatic rings. The predicted molar refractivity (Wildman–Crippen MR) is 112 cm³/mol. The van der Waals surface area contributed by atoms with Gasteiger partial charge >= 0.3 is 12.1 Å². The molecule has 2 unspecified atom stereocenters. The molecule has 1 N–H and O–H groups in total. The molecule has 0 saturated carbocycles. The topological polar surface area (TPSA) is 64.6 Å². The highest BCUT2D eigenvalue weighted by molar-refractivity contribution is 5.95. The van der Waals surface area contributed by atoms with Gasteiger partial charge in [0.05, 0.1) is 6.04 Å². The number of carbonyl (C=O) groups excluding carboxylic acids is 2. The van der Waals surface area contributed by atoms with Crippen molar-refractivity contribution in [2.45, 2.75) is 51.4 Å². The maximum absolute atomic E-state index is 12.4. The highest BCUT2D eigenvalue weighted by Crippen LogP contribution is 2.27. The number of alkyl carbamates (subject to hydrolysis) is 1. The van der Waals surface area contributed by atoms with Gasteiger partial charge in [0.15, 0.2) is 0 Å². The van der Waals surface area contributed by atoms with E-state index in [0.717, 1.165) is 11.1 Å². The number of rotatable bonds is 5. The molecule has 3 rings (SSSR count). The maximum Gasteiger partial charge on any atom is 0.408 e. The normalized spacial score (nSPS) is 18.9. The van der Waals surface area contributed by atoms with Crippen molar-refractivity contribution in [3.8, 4) is 0 Å². The van der Waals surface area contributed by atoms with Gasteiger partial charge in [-0.15, -0.1) is 0 Å². The summed E-state index contributed by atoms with van der Waals surface area (Å²) >= 11 is 0. The van der Waals surface area contributed by atoms with E-state index in [0.29, 0.717) is 18.4 Å². The van der Waals surface area contributed by atoms with Gasteiger partial charge in [0.25, 0.3) is 0 Å². The molecule has 0 aromatic heterocycles. The van der Waals surface area contributed by atoms with Gasteiger partial charge in [-0.2, -0.15) is 0 Å². The number of cyclic esters (lactones) is 1. The van der Waals surface area contributed by atoms with E-state index in [1.807, 2.05) is 87.5 Å². The minimum absolute atomic E-state index is 0.345. The largest absolute Gasteiger partial charge is 0.456 e. The molecule has 29 heavy (non-hydrogen) atoms. The number of hydrogen-bond donors (Lipinski definition) is 1. The monoisotopic (exact) mass is 393 g/mol. The van der Waals surface area contributed by atoms with Crippen LogP contribution >= 0.6 is 0 Å². The van der Waals surface area contributed by atoms with Crippen LogP contribution in [0.3, 0.4) is 0 Å². The number of carbonyl (C=O) groups is 2. The van der Waals surface area contributed by atoms with Crippen molar-refractivity contribution >= 4 is 18.1 Å². The molecular weight excluding hydrogens is 366 g/mol. The van der Waals surface area contributed by atoms with Gasteiger partial charge in [0.1, 0.15) is 11.7 Å². The van der Waals surface area contributed by atoms with E-state index in [2.05, 4.69) is 5.32 Å². The lowest BCUT2D eigenvalue weighted by atomic mass is 9.97. The number of ether oxygens (including phenoxy) is 2. The fourth-order valence-electron chi connectivity index (χ4n) is 3.25. The molecule has 2 aromatic rings. The van der Waals surface area contributed by atoms with Gasteiger partial charge < -0.3 is 14.8 Å². The van der Waals surface area contributed by atoms with Crippen LogP contribution in [0.1, 0.15) is 38.3 Å². The highest BCUT2D eigenvalue weighted by atomic mass is 16.6. The first-order chi connectivity index (χ1) is 13.8. The first-order valence-corrected chi connectivity index (χ1v) is 9.80. The summed E-state index contributed by atoms with van der Waals surface area (Å²) in [5.41, 5.74) is 1.99. The van der Waals surface area contributed by atoms with E-state index < -0.39 is 23.8 Å². The second kappa shape index (κ2) is 8.95. The summed E-state index contributed by atoms with van der Waals surface area (Å²) in [5.74, 6) is -0.345. The van der Waals surface area contributed by atoms with Crippen LogP contribution in [0.15, 0.2) is 66.2 Å². The Hall–Kier alpha value is -3.08. The first kappa shape index (κ1) is 20.6. The average Bonchev–Trinajstić information content (AvgIpc) is 3.02. The fourth-order valence-corrected chi connectivity index (χ4v) is 3.25. The summed E-state index contributed by atoms with van der Waals surface area (Å²) in [4.78, 5) is 24.8. The molecule has 2 atom stereocenters. The number of esters is 1. The summed E-state index contributed by atoms with van der Waals surface area (Å²) in [6, 6.07) is 19.1. The van der Waals surface area contributed by atoms with Crippen LogP contribution in [0.2, 0.25) is 0 Å². The predicted octanol–water partition coefficient (Wildman–Crippen LogP) is 4.52. The van der Waals surface area contributed by atoms with Crippen molar-refractivity contribution in [3.63, 3.8) is 0 Å². The summed E-state index contributed by atoms with van der Waals surface area (Å²) in [6.45, 7) is 5.44. The standard InChI is InChI=1S/C24H27NO4/c1-24(2,3)29-23(27)25-20(15-18-12-8-5-9-13-18)21-16-19(22(26)28-21)14-17-10-6-4-7-11-17/h4-14,20-21H,15-16H2,1-3H3,(H,25,27)/b19-14+. The lowest BCUT2D eigenvalue weighted by molar-refractivity contribution is -0.139. The Labute approximate surface area is 171 Å².